The van der Waals surface area contributed by atoms with Crippen LogP contribution < -0.4 is 0 Å². The van der Waals surface area contributed by atoms with Crippen molar-refractivity contribution in [2.45, 2.75) is 57.2 Å². The Kier molecular flexibility index (Phi) is 4.96. The summed E-state index contributed by atoms with van der Waals surface area (Å²) in [5.74, 6) is 1.09. The molecule has 1 saturated heterocycles. The lowest BCUT2D eigenvalue weighted by Crippen LogP contribution is -2.55. The second-order valence-electron chi connectivity index (χ2n) is 10.2. The zero-order valence-electron chi connectivity index (χ0n) is 19.4. The Morgan fingerprint density at radius 1 is 1.06 bits per heavy atom. The van der Waals surface area contributed by atoms with E-state index in [-0.39, 0.29) is 11.2 Å². The maximum Gasteiger partial charge on any atom is 0.171 e. The van der Waals surface area contributed by atoms with Crippen molar-refractivity contribution >= 4 is 0 Å². The lowest BCUT2D eigenvalue weighted by molar-refractivity contribution is -0.234. The van der Waals surface area contributed by atoms with Gasteiger partial charge in [-0.3, -0.25) is 0 Å². The molecule has 3 aliphatic rings. The molecule has 0 bridgehead atoms. The van der Waals surface area contributed by atoms with E-state index in [2.05, 4.69) is 42.7 Å². The van der Waals surface area contributed by atoms with E-state index < -0.39 is 5.79 Å². The predicted octanol–water partition coefficient (Wildman–Crippen LogP) is 5.60. The first-order valence-electron chi connectivity index (χ1n) is 12.2. The van der Waals surface area contributed by atoms with E-state index >= 15 is 0 Å². The summed E-state index contributed by atoms with van der Waals surface area (Å²) >= 11 is 0. The molecule has 5 heteroatoms. The fraction of sp³-hybridized carbons (Fsp3) is 0.464. The molecule has 2 fully saturated rings. The van der Waals surface area contributed by atoms with Gasteiger partial charge in [0.25, 0.3) is 0 Å². The van der Waals surface area contributed by atoms with Crippen molar-refractivity contribution in [2.24, 2.45) is 11.8 Å². The quantitative estimate of drug-likeness (QED) is 0.526. The number of rotatable bonds is 3. The van der Waals surface area contributed by atoms with Crippen LogP contribution in [0.5, 0.6) is 0 Å². The summed E-state index contributed by atoms with van der Waals surface area (Å²) in [4.78, 5) is 5.32. The van der Waals surface area contributed by atoms with Gasteiger partial charge in [-0.15, -0.1) is 0 Å². The van der Waals surface area contributed by atoms with Crippen molar-refractivity contribution in [3.05, 3.63) is 83.2 Å². The first-order valence-corrected chi connectivity index (χ1v) is 12.2. The van der Waals surface area contributed by atoms with Crippen LogP contribution in [-0.2, 0) is 27.7 Å². The van der Waals surface area contributed by atoms with Crippen LogP contribution in [0.25, 0.3) is 5.69 Å². The largest absolute Gasteiger partial charge is 0.347 e. The van der Waals surface area contributed by atoms with Gasteiger partial charge in [-0.2, -0.15) is 0 Å². The molecule has 33 heavy (non-hydrogen) atoms. The molecule has 0 N–H and O–H groups in total. The molecule has 4 nitrogen and oxygen atoms in total. The summed E-state index contributed by atoms with van der Waals surface area (Å²) in [7, 11) is 0. The SMILES string of the molecule is C[C@@H]1[C@H]2CCc3c(nc(Cc4ccccc4)n3-c3cccc(F)c3)[C@]2(C)CCC12OCCO2. The van der Waals surface area contributed by atoms with Gasteiger partial charge < -0.3 is 14.0 Å². The van der Waals surface area contributed by atoms with Gasteiger partial charge in [-0.05, 0) is 48.9 Å². The molecular formula is C28H31FN2O2. The molecule has 3 atom stereocenters. The number of fused-ring (bicyclic) bond motifs is 3. The molecule has 2 heterocycles. The first-order chi connectivity index (χ1) is 16.0. The van der Waals surface area contributed by atoms with Gasteiger partial charge in [0.05, 0.1) is 18.9 Å². The molecule has 6 rings (SSSR count). The van der Waals surface area contributed by atoms with Gasteiger partial charge in [-0.25, -0.2) is 9.37 Å². The highest BCUT2D eigenvalue weighted by Crippen LogP contribution is 2.57. The third-order valence-electron chi connectivity index (χ3n) is 8.43. The van der Waals surface area contributed by atoms with Crippen molar-refractivity contribution in [1.29, 1.82) is 0 Å². The maximum absolute atomic E-state index is 14.3. The molecule has 0 amide bonds. The van der Waals surface area contributed by atoms with Crippen LogP contribution in [0.15, 0.2) is 54.6 Å². The first kappa shape index (κ1) is 21.1. The fourth-order valence-electron chi connectivity index (χ4n) is 6.75. The number of hydrogen-bond acceptors (Lipinski definition) is 3. The van der Waals surface area contributed by atoms with Crippen LogP contribution in [0.3, 0.4) is 0 Å². The molecule has 0 radical (unpaired) electrons. The number of nitrogens with zero attached hydrogens (tertiary/aromatic N) is 2. The maximum atomic E-state index is 14.3. The topological polar surface area (TPSA) is 36.3 Å². The van der Waals surface area contributed by atoms with Crippen LogP contribution in [-0.4, -0.2) is 28.6 Å². The summed E-state index contributed by atoms with van der Waals surface area (Å²) in [5, 5.41) is 0. The van der Waals surface area contributed by atoms with Crippen LogP contribution in [0.1, 0.15) is 55.9 Å². The second-order valence-corrected chi connectivity index (χ2v) is 10.2. The standard InChI is InChI=1S/C28H31FN2O2/c1-19-23-11-12-24-26(27(23,2)13-14-28(19)32-15-16-33-28)30-25(17-20-7-4-3-5-8-20)31(24)22-10-6-9-21(29)18-22/h3-10,18-19,23H,11-17H2,1-2H3/t19-,23-,27-/m1/s1. The number of hydrogen-bond donors (Lipinski definition) is 0. The highest BCUT2D eigenvalue weighted by Gasteiger charge is 2.58. The number of halogens is 1. The number of imidazole rings is 1. The molecule has 1 aliphatic heterocycles. The Bertz CT molecular complexity index is 1170. The van der Waals surface area contributed by atoms with Gasteiger partial charge in [0.2, 0.25) is 0 Å². The molecule has 2 aliphatic carbocycles. The molecule has 1 aromatic heterocycles. The molecule has 2 aromatic carbocycles. The Balaban J connectivity index is 1.47. The average molecular weight is 447 g/mol. The lowest BCUT2D eigenvalue weighted by atomic mass is 9.55. The third-order valence-corrected chi connectivity index (χ3v) is 8.43. The second kappa shape index (κ2) is 7.78. The Morgan fingerprint density at radius 2 is 1.85 bits per heavy atom. The van der Waals surface area contributed by atoms with E-state index in [9.17, 15) is 4.39 Å². The van der Waals surface area contributed by atoms with Crippen molar-refractivity contribution in [1.82, 2.24) is 9.55 Å². The van der Waals surface area contributed by atoms with E-state index in [1.54, 1.807) is 12.1 Å². The Hall–Kier alpha value is -2.50. The van der Waals surface area contributed by atoms with E-state index in [1.165, 1.54) is 23.0 Å². The molecular weight excluding hydrogens is 415 g/mol. The van der Waals surface area contributed by atoms with Crippen molar-refractivity contribution in [2.75, 3.05) is 13.2 Å². The summed E-state index contributed by atoms with van der Waals surface area (Å²) < 4.78 is 28.8. The van der Waals surface area contributed by atoms with Crippen molar-refractivity contribution in [3.8, 4) is 5.69 Å². The summed E-state index contributed by atoms with van der Waals surface area (Å²) in [6.45, 7) is 6.05. The predicted molar refractivity (Wildman–Crippen MR) is 125 cm³/mol. The molecule has 1 spiro atoms. The Labute approximate surface area is 194 Å². The monoisotopic (exact) mass is 446 g/mol. The molecule has 3 aromatic rings. The van der Waals surface area contributed by atoms with Crippen LogP contribution in [0, 0.1) is 17.7 Å². The molecule has 0 unspecified atom stereocenters. The highest BCUT2D eigenvalue weighted by atomic mass is 19.1. The third kappa shape index (κ3) is 3.28. The average Bonchev–Trinajstić information content (AvgIpc) is 3.44. The van der Waals surface area contributed by atoms with Crippen LogP contribution in [0.4, 0.5) is 4.39 Å². The van der Waals surface area contributed by atoms with Gasteiger partial charge in [-0.1, -0.05) is 50.2 Å². The molecule has 1 saturated carbocycles. The normalized spacial score (nSPS) is 28.0. The lowest BCUT2D eigenvalue weighted by Gasteiger charge is -2.53. The summed E-state index contributed by atoms with van der Waals surface area (Å²) in [5.41, 5.74) is 4.45. The minimum Gasteiger partial charge on any atom is -0.347 e. The van der Waals surface area contributed by atoms with Gasteiger partial charge >= 0.3 is 0 Å². The number of benzene rings is 2. The van der Waals surface area contributed by atoms with Gasteiger partial charge in [0.15, 0.2) is 5.79 Å². The zero-order chi connectivity index (χ0) is 22.6. The van der Waals surface area contributed by atoms with E-state index in [0.717, 1.165) is 43.6 Å². The van der Waals surface area contributed by atoms with Crippen molar-refractivity contribution in [3.63, 3.8) is 0 Å². The number of ether oxygens (including phenoxy) is 2. The number of aromatic nitrogens is 2. The van der Waals surface area contributed by atoms with E-state index in [1.807, 2.05) is 12.1 Å². The van der Waals surface area contributed by atoms with E-state index in [0.29, 0.717) is 25.0 Å². The van der Waals surface area contributed by atoms with Crippen LogP contribution in [0.2, 0.25) is 0 Å². The Morgan fingerprint density at radius 3 is 2.61 bits per heavy atom. The van der Waals surface area contributed by atoms with Gasteiger partial charge in [0.1, 0.15) is 11.6 Å². The molecule has 172 valence electrons. The minimum atomic E-state index is -0.431. The van der Waals surface area contributed by atoms with Crippen LogP contribution >= 0.6 is 0 Å². The van der Waals surface area contributed by atoms with Crippen molar-refractivity contribution < 1.29 is 13.9 Å². The smallest absolute Gasteiger partial charge is 0.171 e. The minimum absolute atomic E-state index is 0.0441. The zero-order valence-corrected chi connectivity index (χ0v) is 19.4. The fourth-order valence-corrected chi connectivity index (χ4v) is 6.75. The summed E-state index contributed by atoms with van der Waals surface area (Å²) in [6, 6.07) is 17.3. The van der Waals surface area contributed by atoms with Gasteiger partial charge in [0, 0.05) is 35.6 Å². The summed E-state index contributed by atoms with van der Waals surface area (Å²) in [6.07, 6.45) is 4.58. The highest BCUT2D eigenvalue weighted by molar-refractivity contribution is 5.43. The van der Waals surface area contributed by atoms with E-state index in [4.69, 9.17) is 14.5 Å².